The number of carbonyl (C=O) groups is 1. The minimum Gasteiger partial charge on any atom is -0.372 e. The number of amides is 1. The highest BCUT2D eigenvalue weighted by molar-refractivity contribution is 5.91. The summed E-state index contributed by atoms with van der Waals surface area (Å²) in [6, 6.07) is 3.52. The SMILES string of the molecule is Cc1cc(CC(=O)Nc2cc([C@H]3C[CH]CO3)[nH]n2)on1. The van der Waals surface area contributed by atoms with Crippen LogP contribution in [0.4, 0.5) is 5.82 Å². The van der Waals surface area contributed by atoms with E-state index >= 15 is 0 Å². The number of carbonyl (C=O) groups excluding carboxylic acids is 1. The molecule has 0 aliphatic carbocycles. The second kappa shape index (κ2) is 5.46. The lowest BCUT2D eigenvalue weighted by Gasteiger charge is -2.04. The van der Waals surface area contributed by atoms with E-state index in [1.165, 1.54) is 0 Å². The number of anilines is 1. The maximum absolute atomic E-state index is 11.8. The summed E-state index contributed by atoms with van der Waals surface area (Å²) in [7, 11) is 0. The van der Waals surface area contributed by atoms with Gasteiger partial charge in [0.2, 0.25) is 5.91 Å². The van der Waals surface area contributed by atoms with Crippen LogP contribution in [0, 0.1) is 13.3 Å². The van der Waals surface area contributed by atoms with Crippen LogP contribution in [0.1, 0.15) is 29.7 Å². The van der Waals surface area contributed by atoms with Crippen molar-refractivity contribution in [3.05, 3.63) is 35.7 Å². The van der Waals surface area contributed by atoms with Crippen molar-refractivity contribution in [1.29, 1.82) is 0 Å². The van der Waals surface area contributed by atoms with Crippen molar-refractivity contribution in [2.75, 3.05) is 11.9 Å². The number of ether oxygens (including phenoxy) is 1. The molecule has 2 N–H and O–H groups in total. The van der Waals surface area contributed by atoms with Crippen LogP contribution in [0.3, 0.4) is 0 Å². The molecule has 1 aliphatic heterocycles. The molecular weight excluding hydrogens is 260 g/mol. The van der Waals surface area contributed by atoms with E-state index in [1.54, 1.807) is 12.1 Å². The molecule has 0 spiro atoms. The number of hydrogen-bond donors (Lipinski definition) is 2. The minimum absolute atomic E-state index is 0.00470. The van der Waals surface area contributed by atoms with E-state index in [-0.39, 0.29) is 18.4 Å². The van der Waals surface area contributed by atoms with Gasteiger partial charge in [0.05, 0.1) is 30.5 Å². The van der Waals surface area contributed by atoms with Gasteiger partial charge in [0.15, 0.2) is 5.82 Å². The van der Waals surface area contributed by atoms with Gasteiger partial charge in [0, 0.05) is 12.1 Å². The molecule has 0 saturated carbocycles. The molecule has 7 heteroatoms. The average molecular weight is 275 g/mol. The fourth-order valence-electron chi connectivity index (χ4n) is 2.10. The zero-order valence-corrected chi connectivity index (χ0v) is 11.0. The summed E-state index contributed by atoms with van der Waals surface area (Å²) in [5, 5.41) is 13.4. The maximum Gasteiger partial charge on any atom is 0.233 e. The number of rotatable bonds is 4. The van der Waals surface area contributed by atoms with E-state index in [9.17, 15) is 4.79 Å². The van der Waals surface area contributed by atoms with Gasteiger partial charge < -0.3 is 14.6 Å². The average Bonchev–Trinajstić information content (AvgIpc) is 3.10. The number of hydrogen-bond acceptors (Lipinski definition) is 5. The van der Waals surface area contributed by atoms with Crippen molar-refractivity contribution in [2.45, 2.75) is 25.9 Å². The van der Waals surface area contributed by atoms with E-state index in [0.717, 1.165) is 17.8 Å². The topological polar surface area (TPSA) is 93.0 Å². The van der Waals surface area contributed by atoms with Gasteiger partial charge in [0.25, 0.3) is 0 Å². The number of nitrogens with zero attached hydrogens (tertiary/aromatic N) is 2. The van der Waals surface area contributed by atoms with Crippen molar-refractivity contribution in [3.8, 4) is 0 Å². The third-order valence-corrected chi connectivity index (χ3v) is 3.02. The van der Waals surface area contributed by atoms with Crippen molar-refractivity contribution >= 4 is 11.7 Å². The molecular formula is C13H15N4O3. The van der Waals surface area contributed by atoms with Crippen LogP contribution >= 0.6 is 0 Å². The van der Waals surface area contributed by atoms with E-state index < -0.39 is 0 Å². The number of aryl methyl sites for hydroxylation is 1. The van der Waals surface area contributed by atoms with Crippen LogP contribution in [0.2, 0.25) is 0 Å². The molecule has 3 rings (SSSR count). The predicted octanol–water partition coefficient (Wildman–Crippen LogP) is 1.55. The highest BCUT2D eigenvalue weighted by atomic mass is 16.5. The monoisotopic (exact) mass is 275 g/mol. The zero-order valence-electron chi connectivity index (χ0n) is 11.0. The molecule has 1 radical (unpaired) electrons. The summed E-state index contributed by atoms with van der Waals surface area (Å²) in [5.74, 6) is 0.819. The Hall–Kier alpha value is -2.15. The van der Waals surface area contributed by atoms with Crippen molar-refractivity contribution in [2.24, 2.45) is 0 Å². The van der Waals surface area contributed by atoms with Gasteiger partial charge in [-0.3, -0.25) is 9.89 Å². The van der Waals surface area contributed by atoms with Crippen LogP contribution < -0.4 is 5.32 Å². The molecule has 3 heterocycles. The fourth-order valence-corrected chi connectivity index (χ4v) is 2.10. The molecule has 1 atom stereocenters. The molecule has 1 fully saturated rings. The standard InChI is InChI=1S/C13H15N4O3/c1-8-5-9(20-17-8)6-13(18)14-12-7-10(15-16-12)11-3-2-4-19-11/h2,5,7,11H,3-4,6H2,1H3,(H2,14,15,16,18)/t11-/m1/s1. The first-order chi connectivity index (χ1) is 9.70. The smallest absolute Gasteiger partial charge is 0.233 e. The highest BCUT2D eigenvalue weighted by Gasteiger charge is 2.20. The quantitative estimate of drug-likeness (QED) is 0.883. The van der Waals surface area contributed by atoms with Crippen LogP contribution in [-0.4, -0.2) is 27.9 Å². The second-order valence-corrected chi connectivity index (χ2v) is 4.71. The van der Waals surface area contributed by atoms with Crippen molar-refractivity contribution in [3.63, 3.8) is 0 Å². The van der Waals surface area contributed by atoms with Crippen LogP contribution in [-0.2, 0) is 16.0 Å². The van der Waals surface area contributed by atoms with E-state index in [1.807, 2.05) is 6.92 Å². The van der Waals surface area contributed by atoms with Crippen LogP contribution in [0.5, 0.6) is 0 Å². The number of nitrogens with one attached hydrogen (secondary N) is 2. The Morgan fingerprint density at radius 2 is 2.45 bits per heavy atom. The van der Waals surface area contributed by atoms with Crippen molar-refractivity contribution in [1.82, 2.24) is 15.4 Å². The number of H-pyrrole nitrogens is 1. The summed E-state index contributed by atoms with van der Waals surface area (Å²) in [6.07, 6.45) is 3.06. The highest BCUT2D eigenvalue weighted by Crippen LogP contribution is 2.27. The van der Waals surface area contributed by atoms with E-state index in [4.69, 9.17) is 9.26 Å². The Kier molecular flexibility index (Phi) is 3.51. The Morgan fingerprint density at radius 3 is 3.15 bits per heavy atom. The third kappa shape index (κ3) is 2.88. The van der Waals surface area contributed by atoms with Crippen LogP contribution in [0.15, 0.2) is 16.7 Å². The molecule has 2 aromatic heterocycles. The molecule has 2 aromatic rings. The normalized spacial score (nSPS) is 18.4. The summed E-state index contributed by atoms with van der Waals surface area (Å²) >= 11 is 0. The lowest BCUT2D eigenvalue weighted by atomic mass is 10.2. The van der Waals surface area contributed by atoms with Gasteiger partial charge in [-0.15, -0.1) is 0 Å². The third-order valence-electron chi connectivity index (χ3n) is 3.02. The summed E-state index contributed by atoms with van der Waals surface area (Å²) in [6.45, 7) is 2.46. The molecule has 0 bridgehead atoms. The van der Waals surface area contributed by atoms with Gasteiger partial charge in [-0.1, -0.05) is 5.16 Å². The van der Waals surface area contributed by atoms with Gasteiger partial charge >= 0.3 is 0 Å². The number of aromatic amines is 1. The summed E-state index contributed by atoms with van der Waals surface area (Å²) in [5.41, 5.74) is 1.62. The van der Waals surface area contributed by atoms with Gasteiger partial charge in [0.1, 0.15) is 5.76 Å². The maximum atomic E-state index is 11.8. The molecule has 105 valence electrons. The molecule has 1 amide bonds. The Balaban J connectivity index is 1.58. The second-order valence-electron chi connectivity index (χ2n) is 4.71. The predicted molar refractivity (Wildman–Crippen MR) is 69.8 cm³/mol. The first kappa shape index (κ1) is 12.9. The largest absolute Gasteiger partial charge is 0.372 e. The molecule has 20 heavy (non-hydrogen) atoms. The van der Waals surface area contributed by atoms with Gasteiger partial charge in [-0.05, 0) is 19.8 Å². The first-order valence-corrected chi connectivity index (χ1v) is 6.41. The van der Waals surface area contributed by atoms with Gasteiger partial charge in [-0.25, -0.2) is 0 Å². The lowest BCUT2D eigenvalue weighted by molar-refractivity contribution is -0.115. The molecule has 1 saturated heterocycles. The zero-order chi connectivity index (χ0) is 13.9. The molecule has 0 aromatic carbocycles. The van der Waals surface area contributed by atoms with Crippen LogP contribution in [0.25, 0.3) is 0 Å². The Bertz CT molecular complexity index is 598. The Labute approximate surface area is 115 Å². The summed E-state index contributed by atoms with van der Waals surface area (Å²) in [4.78, 5) is 11.8. The minimum atomic E-state index is -0.196. The molecule has 7 nitrogen and oxygen atoms in total. The fraction of sp³-hybridized carbons (Fsp3) is 0.385. The molecule has 0 unspecified atom stereocenters. The van der Waals surface area contributed by atoms with Crippen molar-refractivity contribution < 1.29 is 14.1 Å². The molecule has 1 aliphatic rings. The van der Waals surface area contributed by atoms with E-state index in [2.05, 4.69) is 27.1 Å². The first-order valence-electron chi connectivity index (χ1n) is 6.41. The van der Waals surface area contributed by atoms with E-state index in [0.29, 0.717) is 18.2 Å². The number of aromatic nitrogens is 3. The van der Waals surface area contributed by atoms with Gasteiger partial charge in [-0.2, -0.15) is 5.10 Å². The summed E-state index contributed by atoms with van der Waals surface area (Å²) < 4.78 is 10.5. The lowest BCUT2D eigenvalue weighted by Crippen LogP contribution is -2.14. The Morgan fingerprint density at radius 1 is 1.55 bits per heavy atom.